The van der Waals surface area contributed by atoms with Crippen molar-refractivity contribution in [3.63, 3.8) is 0 Å². The molecule has 1 aliphatic rings. The van der Waals surface area contributed by atoms with E-state index in [2.05, 4.69) is 18.7 Å². The van der Waals surface area contributed by atoms with E-state index in [4.69, 9.17) is 0 Å². The summed E-state index contributed by atoms with van der Waals surface area (Å²) in [5.41, 5.74) is -0.950. The predicted octanol–water partition coefficient (Wildman–Crippen LogP) is 2.46. The van der Waals surface area contributed by atoms with Gasteiger partial charge >= 0.3 is 0 Å². The first kappa shape index (κ1) is 9.97. The van der Waals surface area contributed by atoms with Crippen molar-refractivity contribution in [2.24, 2.45) is 5.92 Å². The average Bonchev–Trinajstić information content (AvgIpc) is 2.03. The number of hydrogen-bond acceptors (Lipinski definition) is 1. The Morgan fingerprint density at radius 2 is 2.17 bits per heavy atom. The highest BCUT2D eigenvalue weighted by atomic mass is 19.1. The Kier molecular flexibility index (Phi) is 2.77. The van der Waals surface area contributed by atoms with Gasteiger partial charge in [0.25, 0.3) is 0 Å². The molecule has 2 atom stereocenters. The number of likely N-dealkylation sites (tertiary alicyclic amines) is 1. The van der Waals surface area contributed by atoms with Crippen LogP contribution in [-0.2, 0) is 0 Å². The molecule has 0 bridgehead atoms. The van der Waals surface area contributed by atoms with Crippen molar-refractivity contribution < 1.29 is 4.39 Å². The molecule has 0 aliphatic carbocycles. The lowest BCUT2D eigenvalue weighted by Crippen LogP contribution is -2.27. The molecule has 0 N–H and O–H groups in total. The van der Waals surface area contributed by atoms with Gasteiger partial charge in [0.2, 0.25) is 0 Å². The fraction of sp³-hybridized carbons (Fsp3) is 1.00. The Hall–Kier alpha value is -0.110. The van der Waals surface area contributed by atoms with Gasteiger partial charge in [0, 0.05) is 12.6 Å². The summed E-state index contributed by atoms with van der Waals surface area (Å²) >= 11 is 0. The van der Waals surface area contributed by atoms with Gasteiger partial charge in [0.05, 0.1) is 0 Å². The van der Waals surface area contributed by atoms with Gasteiger partial charge in [-0.05, 0) is 32.7 Å². The van der Waals surface area contributed by atoms with Crippen molar-refractivity contribution in [3.05, 3.63) is 0 Å². The van der Waals surface area contributed by atoms with Crippen LogP contribution in [0.2, 0.25) is 0 Å². The maximum atomic E-state index is 13.5. The SMILES string of the molecule is CC(C)C[C@@H]1CC(C)(F)CN1C. The minimum Gasteiger partial charge on any atom is -0.300 e. The van der Waals surface area contributed by atoms with Crippen LogP contribution in [0.15, 0.2) is 0 Å². The number of halogens is 1. The van der Waals surface area contributed by atoms with E-state index in [0.717, 1.165) is 6.42 Å². The highest BCUT2D eigenvalue weighted by Gasteiger charge is 2.38. The fourth-order valence-electron chi connectivity index (χ4n) is 2.17. The Morgan fingerprint density at radius 1 is 1.58 bits per heavy atom. The lowest BCUT2D eigenvalue weighted by atomic mass is 9.98. The topological polar surface area (TPSA) is 3.24 Å². The molecule has 1 unspecified atom stereocenters. The zero-order valence-electron chi connectivity index (χ0n) is 8.60. The molecule has 1 nitrogen and oxygen atoms in total. The molecule has 0 aromatic heterocycles. The largest absolute Gasteiger partial charge is 0.300 e. The zero-order chi connectivity index (χ0) is 9.35. The summed E-state index contributed by atoms with van der Waals surface area (Å²) in [7, 11) is 2.03. The van der Waals surface area contributed by atoms with Crippen molar-refractivity contribution in [2.45, 2.75) is 45.3 Å². The molecule has 0 radical (unpaired) electrons. The van der Waals surface area contributed by atoms with Crippen molar-refractivity contribution in [1.82, 2.24) is 4.90 Å². The molecule has 1 fully saturated rings. The minimum absolute atomic E-state index is 0.458. The van der Waals surface area contributed by atoms with Crippen LogP contribution in [0.25, 0.3) is 0 Å². The molecule has 1 aliphatic heterocycles. The van der Waals surface area contributed by atoms with Crippen LogP contribution >= 0.6 is 0 Å². The fourth-order valence-corrected chi connectivity index (χ4v) is 2.17. The molecule has 0 spiro atoms. The van der Waals surface area contributed by atoms with E-state index in [1.54, 1.807) is 6.92 Å². The van der Waals surface area contributed by atoms with Crippen LogP contribution in [0.1, 0.15) is 33.6 Å². The van der Waals surface area contributed by atoms with E-state index in [0.29, 0.717) is 24.9 Å². The van der Waals surface area contributed by atoms with Crippen LogP contribution < -0.4 is 0 Å². The Balaban J connectivity index is 2.47. The third kappa shape index (κ3) is 2.44. The molecule has 1 rings (SSSR count). The van der Waals surface area contributed by atoms with Crippen molar-refractivity contribution in [2.75, 3.05) is 13.6 Å². The number of hydrogen-bond donors (Lipinski definition) is 0. The van der Waals surface area contributed by atoms with Crippen molar-refractivity contribution in [3.8, 4) is 0 Å². The molecule has 2 heteroatoms. The summed E-state index contributed by atoms with van der Waals surface area (Å²) in [6, 6.07) is 0.458. The van der Waals surface area contributed by atoms with Crippen LogP contribution in [0, 0.1) is 5.92 Å². The first-order valence-corrected chi connectivity index (χ1v) is 4.80. The summed E-state index contributed by atoms with van der Waals surface area (Å²) in [6.45, 7) is 6.71. The van der Waals surface area contributed by atoms with E-state index in [9.17, 15) is 4.39 Å². The van der Waals surface area contributed by atoms with Crippen LogP contribution in [-0.4, -0.2) is 30.2 Å². The first-order valence-electron chi connectivity index (χ1n) is 4.80. The van der Waals surface area contributed by atoms with Gasteiger partial charge in [-0.25, -0.2) is 4.39 Å². The van der Waals surface area contributed by atoms with Gasteiger partial charge in [-0.15, -0.1) is 0 Å². The summed E-state index contributed by atoms with van der Waals surface area (Å²) in [4.78, 5) is 2.15. The quantitative estimate of drug-likeness (QED) is 0.620. The number of alkyl halides is 1. The Labute approximate surface area is 74.9 Å². The highest BCUT2D eigenvalue weighted by molar-refractivity contribution is 4.92. The van der Waals surface area contributed by atoms with Crippen LogP contribution in [0.4, 0.5) is 4.39 Å². The first-order chi connectivity index (χ1) is 5.41. The highest BCUT2D eigenvalue weighted by Crippen LogP contribution is 2.31. The third-order valence-corrected chi connectivity index (χ3v) is 2.61. The molecule has 1 saturated heterocycles. The molecule has 1 heterocycles. The second kappa shape index (κ2) is 3.33. The maximum Gasteiger partial charge on any atom is 0.122 e. The van der Waals surface area contributed by atoms with Crippen molar-refractivity contribution in [1.29, 1.82) is 0 Å². The molecule has 12 heavy (non-hydrogen) atoms. The standard InChI is InChI=1S/C10H20FN/c1-8(2)5-9-6-10(3,11)7-12(9)4/h8-9H,5-7H2,1-4H3/t9-,10?/m1/s1. The van der Waals surface area contributed by atoms with E-state index in [-0.39, 0.29) is 0 Å². The molecule has 0 aromatic carbocycles. The normalized spacial score (nSPS) is 38.0. The van der Waals surface area contributed by atoms with Crippen LogP contribution in [0.5, 0.6) is 0 Å². The Morgan fingerprint density at radius 3 is 2.50 bits per heavy atom. The van der Waals surface area contributed by atoms with Crippen LogP contribution in [0.3, 0.4) is 0 Å². The number of nitrogens with zero attached hydrogens (tertiary/aromatic N) is 1. The second-order valence-corrected chi connectivity index (χ2v) is 4.82. The monoisotopic (exact) mass is 173 g/mol. The minimum atomic E-state index is -0.950. The van der Waals surface area contributed by atoms with Gasteiger partial charge in [0.15, 0.2) is 0 Å². The summed E-state index contributed by atoms with van der Waals surface area (Å²) in [6.07, 6.45) is 1.83. The molecule has 72 valence electrons. The average molecular weight is 173 g/mol. The molecule has 0 aromatic rings. The molecule has 0 saturated carbocycles. The molecular formula is C10H20FN. The van der Waals surface area contributed by atoms with Crippen molar-refractivity contribution >= 4 is 0 Å². The lowest BCUT2D eigenvalue weighted by Gasteiger charge is -2.20. The summed E-state index contributed by atoms with van der Waals surface area (Å²) in [5.74, 6) is 0.673. The van der Waals surface area contributed by atoms with E-state index in [1.165, 1.54) is 0 Å². The van der Waals surface area contributed by atoms with E-state index in [1.807, 2.05) is 7.05 Å². The third-order valence-electron chi connectivity index (χ3n) is 2.61. The van der Waals surface area contributed by atoms with Gasteiger partial charge in [0.1, 0.15) is 5.67 Å². The van der Waals surface area contributed by atoms with Gasteiger partial charge < -0.3 is 4.90 Å². The van der Waals surface area contributed by atoms with E-state index >= 15 is 0 Å². The van der Waals surface area contributed by atoms with Gasteiger partial charge in [-0.1, -0.05) is 13.8 Å². The van der Waals surface area contributed by atoms with Gasteiger partial charge in [-0.3, -0.25) is 0 Å². The second-order valence-electron chi connectivity index (χ2n) is 4.82. The summed E-state index contributed by atoms with van der Waals surface area (Å²) < 4.78 is 13.5. The molecule has 0 amide bonds. The van der Waals surface area contributed by atoms with Gasteiger partial charge in [-0.2, -0.15) is 0 Å². The maximum absolute atomic E-state index is 13.5. The summed E-state index contributed by atoms with van der Waals surface area (Å²) in [5, 5.41) is 0. The zero-order valence-corrected chi connectivity index (χ0v) is 8.60. The smallest absolute Gasteiger partial charge is 0.122 e. The predicted molar refractivity (Wildman–Crippen MR) is 50.0 cm³/mol. The molecular weight excluding hydrogens is 153 g/mol. The number of rotatable bonds is 2. The Bertz CT molecular complexity index is 154. The lowest BCUT2D eigenvalue weighted by molar-refractivity contribution is 0.198. The van der Waals surface area contributed by atoms with E-state index < -0.39 is 5.67 Å².